The number of allylic oxidation sites excluding steroid dienone is 2. The summed E-state index contributed by atoms with van der Waals surface area (Å²) in [5, 5.41) is 5.13. The van der Waals surface area contributed by atoms with Crippen LogP contribution in [0.1, 0.15) is 18.9 Å². The van der Waals surface area contributed by atoms with E-state index in [0.29, 0.717) is 11.3 Å². The van der Waals surface area contributed by atoms with Crippen LogP contribution in [0.2, 0.25) is 0 Å². The molecule has 0 N–H and O–H groups in total. The SMILES string of the molecule is CCOC(=O)COc1ccccc1C=NN1C(=O)[C@@H]2[C@H](C1=O)[C@H]1C=C[C@H]2C1. The van der Waals surface area contributed by atoms with E-state index in [9.17, 15) is 14.4 Å². The van der Waals surface area contributed by atoms with Crippen LogP contribution in [0.5, 0.6) is 5.75 Å². The highest BCUT2D eigenvalue weighted by Crippen LogP contribution is 2.52. The zero-order chi connectivity index (χ0) is 19.0. The fourth-order valence-electron chi connectivity index (χ4n) is 4.18. The topological polar surface area (TPSA) is 85.3 Å². The Bertz CT molecular complexity index is 817. The predicted molar refractivity (Wildman–Crippen MR) is 95.7 cm³/mol. The van der Waals surface area contributed by atoms with Crippen LogP contribution in [0.4, 0.5) is 0 Å². The fourth-order valence-corrected chi connectivity index (χ4v) is 4.18. The Kier molecular flexibility index (Phi) is 4.51. The highest BCUT2D eigenvalue weighted by molar-refractivity contribution is 6.06. The van der Waals surface area contributed by atoms with Crippen molar-refractivity contribution in [1.29, 1.82) is 0 Å². The number of imide groups is 1. The van der Waals surface area contributed by atoms with Gasteiger partial charge >= 0.3 is 5.97 Å². The minimum absolute atomic E-state index is 0.150. The number of para-hydroxylation sites is 1. The lowest BCUT2D eigenvalue weighted by molar-refractivity contribution is -0.145. The van der Waals surface area contributed by atoms with E-state index in [2.05, 4.69) is 5.10 Å². The highest BCUT2D eigenvalue weighted by atomic mass is 16.6. The maximum atomic E-state index is 12.6. The molecular weight excluding hydrogens is 348 g/mol. The van der Waals surface area contributed by atoms with Gasteiger partial charge in [0.1, 0.15) is 5.75 Å². The van der Waals surface area contributed by atoms with Gasteiger partial charge in [-0.25, -0.2) is 4.79 Å². The first-order chi connectivity index (χ1) is 13.1. The van der Waals surface area contributed by atoms with Crippen LogP contribution in [-0.4, -0.2) is 42.2 Å². The van der Waals surface area contributed by atoms with Crippen LogP contribution in [-0.2, 0) is 19.1 Å². The maximum absolute atomic E-state index is 12.6. The van der Waals surface area contributed by atoms with Crippen LogP contribution in [0.3, 0.4) is 0 Å². The van der Waals surface area contributed by atoms with Crippen molar-refractivity contribution < 1.29 is 23.9 Å². The molecular formula is C20H20N2O5. The lowest BCUT2D eigenvalue weighted by atomic mass is 9.85. The Balaban J connectivity index is 1.48. The van der Waals surface area contributed by atoms with E-state index in [1.807, 2.05) is 12.2 Å². The van der Waals surface area contributed by atoms with Gasteiger partial charge in [-0.3, -0.25) is 9.59 Å². The number of esters is 1. The first-order valence-corrected chi connectivity index (χ1v) is 9.07. The summed E-state index contributed by atoms with van der Waals surface area (Å²) < 4.78 is 10.3. The summed E-state index contributed by atoms with van der Waals surface area (Å²) in [6, 6.07) is 6.97. The summed E-state index contributed by atoms with van der Waals surface area (Å²) in [5.41, 5.74) is 0.570. The van der Waals surface area contributed by atoms with E-state index in [4.69, 9.17) is 9.47 Å². The molecule has 1 saturated heterocycles. The van der Waals surface area contributed by atoms with Crippen molar-refractivity contribution in [1.82, 2.24) is 5.01 Å². The second-order valence-electron chi connectivity index (χ2n) is 6.86. The summed E-state index contributed by atoms with van der Waals surface area (Å²) in [6.07, 6.45) is 6.40. The van der Waals surface area contributed by atoms with Crippen LogP contribution in [0.15, 0.2) is 41.5 Å². The standard InChI is InChI=1S/C20H20N2O5/c1-2-26-16(23)11-27-15-6-4-3-5-14(15)10-21-22-19(24)17-12-7-8-13(9-12)18(17)20(22)25/h3-8,10,12-13,17-18H,2,9,11H2,1H3/t12-,13-,17-,18+/m0/s1. The van der Waals surface area contributed by atoms with Crippen molar-refractivity contribution in [2.75, 3.05) is 13.2 Å². The van der Waals surface area contributed by atoms with Gasteiger partial charge in [-0.2, -0.15) is 10.1 Å². The first kappa shape index (κ1) is 17.5. The zero-order valence-corrected chi connectivity index (χ0v) is 14.9. The summed E-state index contributed by atoms with van der Waals surface area (Å²) in [7, 11) is 0. The Morgan fingerprint density at radius 1 is 1.19 bits per heavy atom. The number of carbonyl (C=O) groups is 3. The van der Waals surface area contributed by atoms with Gasteiger partial charge < -0.3 is 9.47 Å². The number of benzene rings is 1. The average molecular weight is 368 g/mol. The largest absolute Gasteiger partial charge is 0.481 e. The van der Waals surface area contributed by atoms with E-state index in [1.54, 1.807) is 31.2 Å². The molecule has 7 nitrogen and oxygen atoms in total. The van der Waals surface area contributed by atoms with Crippen molar-refractivity contribution in [2.45, 2.75) is 13.3 Å². The number of fused-ring (bicyclic) bond motifs is 5. The molecule has 3 aliphatic rings. The molecule has 1 aromatic rings. The second kappa shape index (κ2) is 6.98. The van der Waals surface area contributed by atoms with E-state index >= 15 is 0 Å². The monoisotopic (exact) mass is 368 g/mol. The Hall–Kier alpha value is -2.96. The van der Waals surface area contributed by atoms with E-state index < -0.39 is 5.97 Å². The third-order valence-electron chi connectivity index (χ3n) is 5.33. The van der Waals surface area contributed by atoms with Gasteiger partial charge in [-0.05, 0) is 37.3 Å². The second-order valence-corrected chi connectivity index (χ2v) is 6.86. The van der Waals surface area contributed by atoms with Gasteiger partial charge in [0.05, 0.1) is 24.7 Å². The number of ether oxygens (including phenoxy) is 2. The fraction of sp³-hybridized carbons (Fsp3) is 0.400. The number of rotatable bonds is 6. The van der Waals surface area contributed by atoms with Gasteiger partial charge in [0.2, 0.25) is 0 Å². The highest BCUT2D eigenvalue weighted by Gasteiger charge is 2.59. The molecule has 2 fully saturated rings. The molecule has 1 saturated carbocycles. The van der Waals surface area contributed by atoms with Gasteiger partial charge in [0.15, 0.2) is 6.61 Å². The molecule has 2 bridgehead atoms. The van der Waals surface area contributed by atoms with Crippen molar-refractivity contribution in [3.8, 4) is 5.75 Å². The third kappa shape index (κ3) is 3.03. The number of hydrogen-bond acceptors (Lipinski definition) is 6. The molecule has 0 radical (unpaired) electrons. The molecule has 27 heavy (non-hydrogen) atoms. The van der Waals surface area contributed by atoms with Gasteiger partial charge in [-0.1, -0.05) is 24.3 Å². The first-order valence-electron chi connectivity index (χ1n) is 9.07. The molecule has 4 rings (SSSR count). The maximum Gasteiger partial charge on any atom is 0.344 e. The predicted octanol–water partition coefficient (Wildman–Crippen LogP) is 1.77. The van der Waals surface area contributed by atoms with Gasteiger partial charge in [0, 0.05) is 5.56 Å². The van der Waals surface area contributed by atoms with Gasteiger partial charge in [0.25, 0.3) is 11.8 Å². The van der Waals surface area contributed by atoms with E-state index in [1.165, 1.54) is 6.21 Å². The number of nitrogens with zero attached hydrogens (tertiary/aromatic N) is 2. The molecule has 0 spiro atoms. The molecule has 0 aromatic heterocycles. The molecule has 1 aliphatic heterocycles. The Labute approximate surface area is 156 Å². The number of amides is 2. The van der Waals surface area contributed by atoms with E-state index in [-0.39, 0.29) is 48.7 Å². The lowest BCUT2D eigenvalue weighted by Crippen LogP contribution is -2.28. The zero-order valence-electron chi connectivity index (χ0n) is 14.9. The van der Waals surface area contributed by atoms with Crippen LogP contribution in [0, 0.1) is 23.7 Å². The van der Waals surface area contributed by atoms with Crippen LogP contribution >= 0.6 is 0 Å². The Morgan fingerprint density at radius 3 is 2.52 bits per heavy atom. The average Bonchev–Trinajstić information content (AvgIpc) is 3.34. The summed E-state index contributed by atoms with van der Waals surface area (Å²) >= 11 is 0. The van der Waals surface area contributed by atoms with E-state index in [0.717, 1.165) is 11.4 Å². The minimum Gasteiger partial charge on any atom is -0.481 e. The smallest absolute Gasteiger partial charge is 0.344 e. The third-order valence-corrected chi connectivity index (χ3v) is 5.33. The molecule has 7 heteroatoms. The molecule has 2 aliphatic carbocycles. The van der Waals surface area contributed by atoms with Crippen LogP contribution in [0.25, 0.3) is 0 Å². The molecule has 140 valence electrons. The lowest BCUT2D eigenvalue weighted by Gasteiger charge is -2.13. The molecule has 2 amide bonds. The quantitative estimate of drug-likeness (QED) is 0.331. The molecule has 0 unspecified atom stereocenters. The minimum atomic E-state index is -0.468. The number of hydrazone groups is 1. The molecule has 4 atom stereocenters. The molecule has 1 heterocycles. The summed E-state index contributed by atoms with van der Waals surface area (Å²) in [5.74, 6) is -0.764. The van der Waals surface area contributed by atoms with Crippen LogP contribution < -0.4 is 4.74 Å². The van der Waals surface area contributed by atoms with Crippen molar-refractivity contribution >= 4 is 24.0 Å². The summed E-state index contributed by atoms with van der Waals surface area (Å²) in [4.78, 5) is 36.8. The molecule has 1 aromatic carbocycles. The number of hydrogen-bond donors (Lipinski definition) is 0. The van der Waals surface area contributed by atoms with Crippen molar-refractivity contribution in [3.63, 3.8) is 0 Å². The Morgan fingerprint density at radius 2 is 1.85 bits per heavy atom. The van der Waals surface area contributed by atoms with Gasteiger partial charge in [-0.15, -0.1) is 0 Å². The normalized spacial score (nSPS) is 28.3. The number of carbonyl (C=O) groups excluding carboxylic acids is 3. The van der Waals surface area contributed by atoms with Crippen molar-refractivity contribution in [3.05, 3.63) is 42.0 Å². The summed E-state index contributed by atoms with van der Waals surface area (Å²) in [6.45, 7) is 1.78. The van der Waals surface area contributed by atoms with Crippen molar-refractivity contribution in [2.24, 2.45) is 28.8 Å².